The summed E-state index contributed by atoms with van der Waals surface area (Å²) in [5, 5.41) is 5.39. The van der Waals surface area contributed by atoms with E-state index in [1.54, 1.807) is 0 Å². The van der Waals surface area contributed by atoms with Crippen molar-refractivity contribution in [3.63, 3.8) is 0 Å². The predicted molar refractivity (Wildman–Crippen MR) is 99.2 cm³/mol. The van der Waals surface area contributed by atoms with Crippen LogP contribution in [0.2, 0.25) is 4.20 Å². The molecular weight excluding hydrogens is 462 g/mol. The van der Waals surface area contributed by atoms with Crippen LogP contribution in [0.3, 0.4) is 0 Å². The normalized spacial score (nSPS) is 16.6. The number of hydrogen-bond acceptors (Lipinski definition) is 6. The topological polar surface area (TPSA) is 89.6 Å². The summed E-state index contributed by atoms with van der Waals surface area (Å²) in [6.07, 6.45) is -3.56. The summed E-state index contributed by atoms with van der Waals surface area (Å²) in [7, 11) is 0. The molecule has 2 N–H and O–H groups in total. The first-order chi connectivity index (χ1) is 13.1. The molecule has 3 rings (SSSR count). The Morgan fingerprint density at radius 3 is 2.71 bits per heavy atom. The number of fused-ring (bicyclic) bond motifs is 1. The molecule has 1 unspecified atom stereocenters. The summed E-state index contributed by atoms with van der Waals surface area (Å²) < 4.78 is 45.9. The molecule has 12 heteroatoms. The first-order valence-electron chi connectivity index (χ1n) is 8.26. The second kappa shape index (κ2) is 8.26. The van der Waals surface area contributed by atoms with Gasteiger partial charge in [0.05, 0.1) is 0 Å². The summed E-state index contributed by atoms with van der Waals surface area (Å²) in [4.78, 5) is 28.5. The number of carbonyl (C=O) groups is 2. The van der Waals surface area contributed by atoms with E-state index in [4.69, 9.17) is 4.74 Å². The molecule has 2 aromatic rings. The predicted octanol–water partition coefficient (Wildman–Crippen LogP) is 1.85. The van der Waals surface area contributed by atoms with Crippen molar-refractivity contribution in [2.45, 2.75) is 23.4 Å². The average molecular weight is 479 g/mol. The van der Waals surface area contributed by atoms with E-state index in [9.17, 15) is 22.8 Å². The van der Waals surface area contributed by atoms with Crippen LogP contribution in [-0.4, -0.2) is 59.8 Å². The van der Waals surface area contributed by atoms with Crippen molar-refractivity contribution in [3.05, 3.63) is 18.2 Å². The summed E-state index contributed by atoms with van der Waals surface area (Å²) in [6, 6.07) is 3.72. The van der Waals surface area contributed by atoms with Crippen LogP contribution in [-0.2, 0) is 14.3 Å². The fourth-order valence-corrected chi connectivity index (χ4v) is 4.24. The minimum absolute atomic E-state index is 0.191. The Labute approximate surface area is 170 Å². The van der Waals surface area contributed by atoms with Crippen molar-refractivity contribution < 1.29 is 32.2 Å². The van der Waals surface area contributed by atoms with Gasteiger partial charge in [0.1, 0.15) is 0 Å². The number of hydrogen-bond donors (Lipinski definition) is 2. The molecule has 2 heterocycles. The second-order valence-electron chi connectivity index (χ2n) is 6.20. The zero-order chi connectivity index (χ0) is 20.4. The van der Waals surface area contributed by atoms with Gasteiger partial charge in [-0.15, -0.1) is 13.2 Å². The number of halogens is 3. The number of amides is 2. The molecule has 2 amide bonds. The van der Waals surface area contributed by atoms with Crippen molar-refractivity contribution in [1.82, 2.24) is 10.3 Å². The molecule has 1 aromatic heterocycles. The average Bonchev–Trinajstić information content (AvgIpc) is 3.00. The molecule has 1 fully saturated rings. The van der Waals surface area contributed by atoms with E-state index in [0.717, 1.165) is 17.4 Å². The Balaban J connectivity index is 1.57. The summed E-state index contributed by atoms with van der Waals surface area (Å²) in [6.45, 7) is 0.816. The molecule has 0 aliphatic carbocycles. The van der Waals surface area contributed by atoms with E-state index in [2.05, 4.69) is 20.4 Å². The third-order valence-corrected chi connectivity index (χ3v) is 6.78. The van der Waals surface area contributed by atoms with E-state index in [0.29, 0.717) is 36.3 Å². The number of benzene rings is 1. The maximum absolute atomic E-state index is 12.3. The number of thiazole rings is 1. The molecule has 0 bridgehead atoms. The molecule has 152 valence electrons. The van der Waals surface area contributed by atoms with E-state index >= 15 is 0 Å². The Hall–Kier alpha value is -1.84. The molecule has 0 spiro atoms. The number of ether oxygens (including phenoxy) is 2. The number of nitrogens with zero attached hydrogens (tertiary/aromatic N) is 1. The van der Waals surface area contributed by atoms with E-state index in [1.807, 2.05) is 0 Å². The number of aromatic nitrogens is 1. The number of carbonyl (C=O) groups excluding carboxylic acids is 2. The fourth-order valence-electron chi connectivity index (χ4n) is 2.62. The molecular formula is C16H17AsF3N3O4S. The van der Waals surface area contributed by atoms with Crippen LogP contribution in [0.5, 0.6) is 5.75 Å². The van der Waals surface area contributed by atoms with Crippen molar-refractivity contribution in [3.8, 4) is 5.75 Å². The van der Waals surface area contributed by atoms with Crippen LogP contribution in [0.4, 0.5) is 18.3 Å². The van der Waals surface area contributed by atoms with Crippen LogP contribution in [0, 0.1) is 0 Å². The third kappa shape index (κ3) is 5.36. The molecule has 0 saturated carbocycles. The number of nitrogens with one attached hydrogen (secondary N) is 2. The van der Waals surface area contributed by atoms with Gasteiger partial charge in [0.2, 0.25) is 0 Å². The van der Waals surface area contributed by atoms with Crippen LogP contribution < -0.4 is 15.4 Å². The first-order valence-corrected chi connectivity index (χ1v) is 10.3. The van der Waals surface area contributed by atoms with Crippen LogP contribution in [0.1, 0.15) is 12.8 Å². The zero-order valence-corrected chi connectivity index (χ0v) is 17.7. The van der Waals surface area contributed by atoms with Gasteiger partial charge in [-0.05, 0) is 0 Å². The number of alkyl halides is 3. The van der Waals surface area contributed by atoms with Crippen LogP contribution in [0.25, 0.3) is 10.2 Å². The van der Waals surface area contributed by atoms with Gasteiger partial charge in [-0.25, -0.2) is 0 Å². The molecule has 1 saturated heterocycles. The summed E-state index contributed by atoms with van der Waals surface area (Å²) >= 11 is 2.32. The summed E-state index contributed by atoms with van der Waals surface area (Å²) in [5.74, 6) is -1.02. The van der Waals surface area contributed by atoms with Crippen molar-refractivity contribution in [1.29, 1.82) is 0 Å². The number of anilines is 1. The quantitative estimate of drug-likeness (QED) is 0.640. The molecule has 7 nitrogen and oxygen atoms in total. The molecule has 28 heavy (non-hydrogen) atoms. The Morgan fingerprint density at radius 1 is 1.32 bits per heavy atom. The van der Waals surface area contributed by atoms with Gasteiger partial charge in [0, 0.05) is 0 Å². The van der Waals surface area contributed by atoms with Crippen LogP contribution >= 0.6 is 11.3 Å². The Morgan fingerprint density at radius 2 is 2.04 bits per heavy atom. The third-order valence-electron chi connectivity index (χ3n) is 4.09. The van der Waals surface area contributed by atoms with Gasteiger partial charge in [-0.3, -0.25) is 0 Å². The molecule has 1 aliphatic rings. The minimum atomic E-state index is -4.78. The van der Waals surface area contributed by atoms with Crippen molar-refractivity contribution in [2.24, 2.45) is 0 Å². The Bertz CT molecular complexity index is 884. The van der Waals surface area contributed by atoms with Gasteiger partial charge in [-0.2, -0.15) is 0 Å². The molecule has 1 atom stereocenters. The van der Waals surface area contributed by atoms with E-state index in [-0.39, 0.29) is 23.3 Å². The fraction of sp³-hybridized carbons (Fsp3) is 0.438. The monoisotopic (exact) mass is 479 g/mol. The maximum atomic E-state index is 12.3. The zero-order valence-electron chi connectivity index (χ0n) is 14.5. The van der Waals surface area contributed by atoms with E-state index in [1.165, 1.54) is 29.0 Å². The van der Waals surface area contributed by atoms with Gasteiger partial charge in [-0.1, -0.05) is 0 Å². The molecule has 0 radical (unpaired) electrons. The van der Waals surface area contributed by atoms with Crippen LogP contribution in [0.15, 0.2) is 18.2 Å². The standard InChI is InChI=1S/C16H17AsF3N3O4S/c17-15(3-5-26-6-4-15)13(25)21-8-12(24)23-14-22-10-2-1-9(7-11(10)28-14)27-16(18,19)20/h1-2,7H,3-6,8,17H2,(H,21,25)(H,22,23,24). The molecule has 1 aliphatic heterocycles. The second-order valence-corrected chi connectivity index (χ2v) is 9.55. The summed E-state index contributed by atoms with van der Waals surface area (Å²) in [5.41, 5.74) is 0.427. The van der Waals surface area contributed by atoms with Gasteiger partial charge in [0.15, 0.2) is 0 Å². The first kappa shape index (κ1) is 20.9. The number of rotatable bonds is 5. The van der Waals surface area contributed by atoms with Crippen molar-refractivity contribution >= 4 is 55.4 Å². The van der Waals surface area contributed by atoms with Gasteiger partial charge >= 0.3 is 157 Å². The molecule has 1 aromatic carbocycles. The van der Waals surface area contributed by atoms with Gasteiger partial charge in [0.25, 0.3) is 0 Å². The Kier molecular flexibility index (Phi) is 6.16. The van der Waals surface area contributed by atoms with Gasteiger partial charge < -0.3 is 0 Å². The van der Waals surface area contributed by atoms with Crippen molar-refractivity contribution in [2.75, 3.05) is 25.1 Å². The SMILES string of the molecule is O=C(CNC(=O)C1([AsH2])CCOCC1)Nc1nc2ccc(OC(F)(F)F)cc2s1. The van der Waals surface area contributed by atoms with E-state index < -0.39 is 16.5 Å².